The first-order valence-electron chi connectivity index (χ1n) is 7.94. The first-order valence-corrected chi connectivity index (χ1v) is 9.09. The molecule has 1 aliphatic heterocycles. The molecular formula is C17H22N2O3S. The molecule has 1 saturated heterocycles. The summed E-state index contributed by atoms with van der Waals surface area (Å²) in [4.78, 5) is 26.8. The molecule has 0 radical (unpaired) electrons. The van der Waals surface area contributed by atoms with Crippen LogP contribution in [-0.4, -0.2) is 41.5 Å². The second kappa shape index (κ2) is 6.83. The number of carbonyl (C=O) groups excluding carboxylic acids is 2. The Hall–Kier alpha value is -1.69. The molecular weight excluding hydrogens is 312 g/mol. The van der Waals surface area contributed by atoms with Crippen molar-refractivity contribution in [3.63, 3.8) is 0 Å². The van der Waals surface area contributed by atoms with Crippen molar-refractivity contribution in [2.45, 2.75) is 32.2 Å². The van der Waals surface area contributed by atoms with Gasteiger partial charge in [-0.05, 0) is 43.5 Å². The summed E-state index contributed by atoms with van der Waals surface area (Å²) >= 11 is 1.64. The highest BCUT2D eigenvalue weighted by Gasteiger charge is 2.39. The number of nitrogens with one attached hydrogen (secondary N) is 1. The largest absolute Gasteiger partial charge is 0.496 e. The molecule has 3 rings (SSSR count). The number of hydrogen-bond acceptors (Lipinski definition) is 4. The lowest BCUT2D eigenvalue weighted by Crippen LogP contribution is -2.47. The van der Waals surface area contributed by atoms with Crippen LogP contribution >= 0.6 is 11.8 Å². The van der Waals surface area contributed by atoms with Crippen molar-refractivity contribution in [2.75, 3.05) is 24.1 Å². The van der Waals surface area contributed by atoms with Gasteiger partial charge in [0.25, 0.3) is 0 Å². The standard InChI is InChI=1S/C17H22N2O3S/c1-11-8-13(6-7-15(11)22-2)18-16(20)14-9-23-10-19(14)17(21)12-4-3-5-12/h6-8,12,14H,3-5,9-10H2,1-2H3,(H,18,20)/t14-/m1/s1. The van der Waals surface area contributed by atoms with E-state index in [0.29, 0.717) is 11.6 Å². The molecule has 0 aromatic heterocycles. The Labute approximate surface area is 140 Å². The van der Waals surface area contributed by atoms with Gasteiger partial charge in [-0.15, -0.1) is 11.8 Å². The maximum absolute atomic E-state index is 12.6. The number of hydrogen-bond donors (Lipinski definition) is 1. The van der Waals surface area contributed by atoms with E-state index in [2.05, 4.69) is 5.32 Å². The van der Waals surface area contributed by atoms with Gasteiger partial charge < -0.3 is 15.0 Å². The number of aryl methyl sites for hydroxylation is 1. The van der Waals surface area contributed by atoms with Gasteiger partial charge in [0.15, 0.2) is 0 Å². The highest BCUT2D eigenvalue weighted by Crippen LogP contribution is 2.32. The van der Waals surface area contributed by atoms with E-state index < -0.39 is 0 Å². The zero-order valence-electron chi connectivity index (χ0n) is 13.5. The van der Waals surface area contributed by atoms with Gasteiger partial charge in [-0.1, -0.05) is 6.42 Å². The molecule has 124 valence electrons. The Kier molecular flexibility index (Phi) is 4.80. The molecule has 23 heavy (non-hydrogen) atoms. The van der Waals surface area contributed by atoms with Crippen LogP contribution in [0.15, 0.2) is 18.2 Å². The number of methoxy groups -OCH3 is 1. The normalized spacial score (nSPS) is 21.0. The minimum atomic E-state index is -0.365. The first kappa shape index (κ1) is 16.2. The minimum Gasteiger partial charge on any atom is -0.496 e. The van der Waals surface area contributed by atoms with E-state index >= 15 is 0 Å². The van der Waals surface area contributed by atoms with E-state index in [1.165, 1.54) is 0 Å². The minimum absolute atomic E-state index is 0.104. The number of amides is 2. The molecule has 2 fully saturated rings. The van der Waals surface area contributed by atoms with Gasteiger partial charge in [0.2, 0.25) is 11.8 Å². The number of carbonyl (C=O) groups is 2. The summed E-state index contributed by atoms with van der Waals surface area (Å²) in [6.07, 6.45) is 3.05. The maximum atomic E-state index is 12.6. The molecule has 1 aliphatic carbocycles. The highest BCUT2D eigenvalue weighted by atomic mass is 32.2. The average Bonchev–Trinajstić information content (AvgIpc) is 2.95. The van der Waals surface area contributed by atoms with Crippen LogP contribution in [0.5, 0.6) is 5.75 Å². The third-order valence-corrected chi connectivity index (χ3v) is 5.60. The number of nitrogens with zero attached hydrogens (tertiary/aromatic N) is 1. The monoisotopic (exact) mass is 334 g/mol. The zero-order chi connectivity index (χ0) is 16.4. The summed E-state index contributed by atoms with van der Waals surface area (Å²) in [5.74, 6) is 2.25. The molecule has 1 saturated carbocycles. The Morgan fingerprint density at radius 3 is 2.74 bits per heavy atom. The number of ether oxygens (including phenoxy) is 1. The molecule has 5 nitrogen and oxygen atoms in total. The Morgan fingerprint density at radius 2 is 2.13 bits per heavy atom. The zero-order valence-corrected chi connectivity index (χ0v) is 14.3. The van der Waals surface area contributed by atoms with Gasteiger partial charge in [0.05, 0.1) is 13.0 Å². The number of benzene rings is 1. The van der Waals surface area contributed by atoms with Crippen LogP contribution < -0.4 is 10.1 Å². The molecule has 1 atom stereocenters. The van der Waals surface area contributed by atoms with Gasteiger partial charge in [0.1, 0.15) is 11.8 Å². The van der Waals surface area contributed by atoms with Crippen LogP contribution in [0.2, 0.25) is 0 Å². The predicted molar refractivity (Wildman–Crippen MR) is 91.7 cm³/mol. The Balaban J connectivity index is 1.67. The van der Waals surface area contributed by atoms with Crippen molar-refractivity contribution in [1.82, 2.24) is 4.90 Å². The lowest BCUT2D eigenvalue weighted by molar-refractivity contribution is -0.141. The molecule has 0 bridgehead atoms. The fraction of sp³-hybridized carbons (Fsp3) is 0.529. The molecule has 0 unspecified atom stereocenters. The van der Waals surface area contributed by atoms with Crippen molar-refractivity contribution in [3.8, 4) is 5.75 Å². The van der Waals surface area contributed by atoms with Gasteiger partial charge in [-0.25, -0.2) is 0 Å². The Morgan fingerprint density at radius 1 is 1.35 bits per heavy atom. The van der Waals surface area contributed by atoms with Gasteiger partial charge >= 0.3 is 0 Å². The van der Waals surface area contributed by atoms with Crippen LogP contribution in [0.25, 0.3) is 0 Å². The van der Waals surface area contributed by atoms with Gasteiger partial charge in [-0.2, -0.15) is 0 Å². The topological polar surface area (TPSA) is 58.6 Å². The van der Waals surface area contributed by atoms with Crippen molar-refractivity contribution in [2.24, 2.45) is 5.92 Å². The second-order valence-electron chi connectivity index (χ2n) is 6.13. The molecule has 0 spiro atoms. The van der Waals surface area contributed by atoms with E-state index in [-0.39, 0.29) is 23.8 Å². The highest BCUT2D eigenvalue weighted by molar-refractivity contribution is 7.99. The van der Waals surface area contributed by atoms with Crippen molar-refractivity contribution < 1.29 is 14.3 Å². The fourth-order valence-electron chi connectivity index (χ4n) is 2.95. The summed E-state index contributed by atoms with van der Waals surface area (Å²) in [5.41, 5.74) is 1.70. The maximum Gasteiger partial charge on any atom is 0.248 e. The van der Waals surface area contributed by atoms with Crippen LogP contribution in [0, 0.1) is 12.8 Å². The van der Waals surface area contributed by atoms with Crippen LogP contribution in [0.1, 0.15) is 24.8 Å². The molecule has 1 N–H and O–H groups in total. The van der Waals surface area contributed by atoms with Crippen molar-refractivity contribution in [3.05, 3.63) is 23.8 Å². The molecule has 1 heterocycles. The van der Waals surface area contributed by atoms with Gasteiger partial charge in [-0.3, -0.25) is 9.59 Å². The van der Waals surface area contributed by atoms with Crippen LogP contribution in [-0.2, 0) is 9.59 Å². The van der Waals surface area contributed by atoms with E-state index in [1.54, 1.807) is 23.8 Å². The van der Waals surface area contributed by atoms with Crippen LogP contribution in [0.3, 0.4) is 0 Å². The number of rotatable bonds is 4. The average molecular weight is 334 g/mol. The molecule has 2 amide bonds. The Bertz CT molecular complexity index is 616. The quantitative estimate of drug-likeness (QED) is 0.920. The molecule has 1 aromatic carbocycles. The summed E-state index contributed by atoms with van der Waals surface area (Å²) in [7, 11) is 1.63. The van der Waals surface area contributed by atoms with E-state index in [1.807, 2.05) is 25.1 Å². The smallest absolute Gasteiger partial charge is 0.248 e. The summed E-state index contributed by atoms with van der Waals surface area (Å²) in [6.45, 7) is 1.94. The predicted octanol–water partition coefficient (Wildman–Crippen LogP) is 2.64. The van der Waals surface area contributed by atoms with Crippen molar-refractivity contribution in [1.29, 1.82) is 0 Å². The summed E-state index contributed by atoms with van der Waals surface area (Å²) < 4.78 is 5.23. The molecule has 1 aromatic rings. The third kappa shape index (κ3) is 3.32. The van der Waals surface area contributed by atoms with Crippen LogP contribution in [0.4, 0.5) is 5.69 Å². The SMILES string of the molecule is COc1ccc(NC(=O)[C@H]2CSCN2C(=O)C2CCC2)cc1C. The number of anilines is 1. The van der Waals surface area contributed by atoms with E-state index in [9.17, 15) is 9.59 Å². The summed E-state index contributed by atoms with van der Waals surface area (Å²) in [6, 6.07) is 5.18. The lowest BCUT2D eigenvalue weighted by Gasteiger charge is -2.31. The first-order chi connectivity index (χ1) is 11.1. The van der Waals surface area contributed by atoms with E-state index in [4.69, 9.17) is 4.74 Å². The number of thioether (sulfide) groups is 1. The van der Waals surface area contributed by atoms with Gasteiger partial charge in [0, 0.05) is 17.4 Å². The molecule has 2 aliphatic rings. The third-order valence-electron chi connectivity index (χ3n) is 4.58. The van der Waals surface area contributed by atoms with Crippen molar-refractivity contribution >= 4 is 29.3 Å². The lowest BCUT2D eigenvalue weighted by atomic mass is 9.84. The summed E-state index contributed by atoms with van der Waals surface area (Å²) in [5, 5.41) is 2.93. The molecule has 6 heteroatoms. The van der Waals surface area contributed by atoms with E-state index in [0.717, 1.165) is 36.3 Å². The fourth-order valence-corrected chi connectivity index (χ4v) is 4.11. The second-order valence-corrected chi connectivity index (χ2v) is 7.12.